The summed E-state index contributed by atoms with van der Waals surface area (Å²) in [5.74, 6) is 0.906. The van der Waals surface area contributed by atoms with Crippen molar-refractivity contribution in [3.05, 3.63) is 122 Å². The molecule has 2 heterocycles. The molecule has 2 aromatic heterocycles. The van der Waals surface area contributed by atoms with E-state index in [0.717, 1.165) is 33.8 Å². The molecule has 0 saturated carbocycles. The summed E-state index contributed by atoms with van der Waals surface area (Å²) in [5.41, 5.74) is 13.6. The molecule has 0 aliphatic carbocycles. The number of azo groups is 2. The Bertz CT molecular complexity index is 2370. The van der Waals surface area contributed by atoms with E-state index in [1.165, 1.54) is 49.9 Å². The van der Waals surface area contributed by atoms with Crippen LogP contribution in [0, 0.1) is 79.7 Å². The maximum atomic E-state index is 10.2. The third-order valence-corrected chi connectivity index (χ3v) is 10.6. The topological polar surface area (TPSA) is 110 Å². The zero-order chi connectivity index (χ0) is 39.7. The quantitative estimate of drug-likeness (QED) is 0.117. The molecule has 8 nitrogen and oxygen atoms in total. The Balaban J connectivity index is 0.00000157. The van der Waals surface area contributed by atoms with Gasteiger partial charge in [-0.3, -0.25) is 0 Å². The van der Waals surface area contributed by atoms with Crippen LogP contribution >= 0.6 is 11.3 Å². The minimum atomic E-state index is 0. The molecule has 0 aliphatic rings. The van der Waals surface area contributed by atoms with E-state index in [1.54, 1.807) is 0 Å². The van der Waals surface area contributed by atoms with Crippen LogP contribution in [0.25, 0.3) is 10.8 Å². The fourth-order valence-electron chi connectivity index (χ4n) is 6.35. The number of nitrogens with zero attached hydrogens (tertiary/aromatic N) is 6. The molecular weight excluding hydrogens is 868 g/mol. The van der Waals surface area contributed by atoms with Crippen LogP contribution in [0.3, 0.4) is 0 Å². The molecule has 4 aromatic carbocycles. The number of nitriles is 1. The molecule has 0 atom stereocenters. The Morgan fingerprint density at radius 1 is 0.564 bits per heavy atom. The molecule has 10 heteroatoms. The van der Waals surface area contributed by atoms with Crippen LogP contribution in [0.4, 0.5) is 44.4 Å². The zero-order valence-electron chi connectivity index (χ0n) is 34.3. The Morgan fingerprint density at radius 3 is 1.56 bits per heavy atom. The monoisotopic (exact) mass is 919 g/mol. The van der Waals surface area contributed by atoms with Crippen molar-refractivity contribution in [2.75, 3.05) is 10.6 Å². The average Bonchev–Trinajstić information content (AvgIpc) is 3.55. The molecule has 6 rings (SSSR count). The van der Waals surface area contributed by atoms with Gasteiger partial charge in [-0.15, -0.1) is 0 Å². The number of pyridine rings is 1. The van der Waals surface area contributed by atoms with Crippen LogP contribution in [0.1, 0.15) is 83.3 Å². The Morgan fingerprint density at radius 2 is 1.04 bits per heavy atom. The summed E-state index contributed by atoms with van der Waals surface area (Å²) in [5, 5.41) is 39.4. The van der Waals surface area contributed by atoms with Crippen molar-refractivity contribution >= 4 is 66.5 Å². The van der Waals surface area contributed by atoms with Gasteiger partial charge in [-0.2, -0.15) is 26.2 Å². The number of fused-ring (bicyclic) bond motifs is 1. The maximum Gasteiger partial charge on any atom is 0.161 e. The second-order valence-corrected chi connectivity index (χ2v) is 13.6. The van der Waals surface area contributed by atoms with Gasteiger partial charge >= 0.3 is 0 Å². The Labute approximate surface area is 345 Å². The smallest absolute Gasteiger partial charge is 0.161 e. The van der Waals surface area contributed by atoms with Crippen LogP contribution < -0.4 is 10.6 Å². The van der Waals surface area contributed by atoms with Crippen LogP contribution in [-0.4, -0.2) is 4.98 Å². The first-order valence-electron chi connectivity index (χ1n) is 18.4. The molecule has 55 heavy (non-hydrogen) atoms. The van der Waals surface area contributed by atoms with Crippen LogP contribution in [-0.2, 0) is 21.1 Å². The number of thiophene rings is 1. The number of nitrogens with one attached hydrogen (secondary N) is 2. The number of benzene rings is 4. The van der Waals surface area contributed by atoms with Gasteiger partial charge in [0.1, 0.15) is 11.8 Å². The first-order valence-corrected chi connectivity index (χ1v) is 19.3. The molecule has 0 amide bonds. The Kier molecular flexibility index (Phi) is 16.2. The van der Waals surface area contributed by atoms with Crippen LogP contribution in [0.15, 0.2) is 81.1 Å². The molecule has 284 valence electrons. The van der Waals surface area contributed by atoms with Gasteiger partial charge in [0, 0.05) is 43.0 Å². The van der Waals surface area contributed by atoms with Gasteiger partial charge in [-0.1, -0.05) is 71.0 Å². The van der Waals surface area contributed by atoms with Gasteiger partial charge in [0.05, 0.1) is 11.3 Å². The number of hydrogen-bond acceptors (Lipinski definition) is 9. The first kappa shape index (κ1) is 44.4. The van der Waals surface area contributed by atoms with E-state index in [9.17, 15) is 5.26 Å². The third kappa shape index (κ3) is 9.44. The molecular formula is C45H51N8SW-. The molecule has 0 aliphatic heterocycles. The molecule has 0 saturated heterocycles. The summed E-state index contributed by atoms with van der Waals surface area (Å²) in [7, 11) is 0. The SMILES string of the molecule is CC.CC.Cc1[c-]c(N=Nc2c(C)c(C)c3c(C)c(C)c(C)c(C)c3c2C)sc1N=Nc1c(Nc2ccccc2)nc(Nc2ccccc2)c(C#N)c1C.[W]. The standard InChI is InChI=1S/C41H39N8S.2C2H6.W/c1-22-20-34(46-47-37-28(7)27(6)35-25(4)23(2)24(3)26(5)36(35)30(37)9)50-41(22)49-48-38-29(8)33(21-42)39(43-31-16-12-10-13-17-31)45-40(38)44-32-18-14-11-15-19-32;2*1-2;/h10-19H,1-9H3,(H2,43,44,45);2*1-2H3;/q-1;;;. The van der Waals surface area contributed by atoms with Gasteiger partial charge in [0.25, 0.3) is 0 Å². The van der Waals surface area contributed by atoms with Crippen molar-refractivity contribution < 1.29 is 21.1 Å². The molecule has 0 unspecified atom stereocenters. The van der Waals surface area contributed by atoms with E-state index in [4.69, 9.17) is 10.1 Å². The van der Waals surface area contributed by atoms with Crippen molar-refractivity contribution in [3.63, 3.8) is 0 Å². The minimum Gasteiger partial charge on any atom is -0.339 e. The number of aryl methyl sites for hydroxylation is 5. The fourth-order valence-corrected chi connectivity index (χ4v) is 7.11. The number of rotatable bonds is 8. The van der Waals surface area contributed by atoms with Crippen molar-refractivity contribution in [2.24, 2.45) is 20.5 Å². The Hall–Kier alpha value is -5.03. The van der Waals surface area contributed by atoms with Crippen LogP contribution in [0.5, 0.6) is 0 Å². The van der Waals surface area contributed by atoms with E-state index in [2.05, 4.69) is 86.6 Å². The second kappa shape index (κ2) is 20.0. The third-order valence-electron chi connectivity index (χ3n) is 9.60. The molecule has 2 N–H and O–H groups in total. The molecule has 0 fully saturated rings. The van der Waals surface area contributed by atoms with Gasteiger partial charge in [0.2, 0.25) is 0 Å². The maximum absolute atomic E-state index is 10.2. The van der Waals surface area contributed by atoms with E-state index in [1.807, 2.05) is 102 Å². The summed E-state index contributed by atoms with van der Waals surface area (Å²) in [6.45, 7) is 27.0. The zero-order valence-corrected chi connectivity index (χ0v) is 38.0. The van der Waals surface area contributed by atoms with E-state index >= 15 is 0 Å². The number of para-hydroxylation sites is 2. The van der Waals surface area contributed by atoms with E-state index < -0.39 is 0 Å². The van der Waals surface area contributed by atoms with Crippen molar-refractivity contribution in [1.82, 2.24) is 4.98 Å². The summed E-state index contributed by atoms with van der Waals surface area (Å²) in [6, 6.07) is 25.0. The minimum absolute atomic E-state index is 0. The van der Waals surface area contributed by atoms with Crippen molar-refractivity contribution in [2.45, 2.75) is 90.0 Å². The molecule has 0 spiro atoms. The number of aromatic nitrogens is 1. The first-order chi connectivity index (χ1) is 26.0. The molecule has 6 aromatic rings. The summed E-state index contributed by atoms with van der Waals surface area (Å²) >= 11 is 1.36. The number of hydrogen-bond donors (Lipinski definition) is 2. The largest absolute Gasteiger partial charge is 0.339 e. The van der Waals surface area contributed by atoms with E-state index in [0.29, 0.717) is 38.5 Å². The normalized spacial score (nSPS) is 10.7. The summed E-state index contributed by atoms with van der Waals surface area (Å²) in [4.78, 5) is 4.83. The predicted octanol–water partition coefficient (Wildman–Crippen LogP) is 15.1. The van der Waals surface area contributed by atoms with Gasteiger partial charge in [-0.25, -0.2) is 27.5 Å². The van der Waals surface area contributed by atoms with Crippen molar-refractivity contribution in [1.29, 1.82) is 5.26 Å². The summed E-state index contributed by atoms with van der Waals surface area (Å²) in [6.07, 6.45) is 0. The van der Waals surface area contributed by atoms with Gasteiger partial charge in [-0.05, 0) is 134 Å². The van der Waals surface area contributed by atoms with Crippen LogP contribution in [0.2, 0.25) is 0 Å². The van der Waals surface area contributed by atoms with E-state index in [-0.39, 0.29) is 21.1 Å². The predicted molar refractivity (Wildman–Crippen MR) is 229 cm³/mol. The molecule has 0 bridgehead atoms. The van der Waals surface area contributed by atoms with Crippen molar-refractivity contribution in [3.8, 4) is 6.07 Å². The van der Waals surface area contributed by atoms with Gasteiger partial charge < -0.3 is 10.6 Å². The fraction of sp³-hybridized carbons (Fsp3) is 0.289. The summed E-state index contributed by atoms with van der Waals surface area (Å²) < 4.78 is 0. The number of anilines is 4. The molecule has 0 radical (unpaired) electrons. The average molecular weight is 920 g/mol. The van der Waals surface area contributed by atoms with Gasteiger partial charge in [0.15, 0.2) is 11.6 Å². The second-order valence-electron chi connectivity index (χ2n) is 12.6.